The van der Waals surface area contributed by atoms with Crippen LogP contribution in [0.15, 0.2) is 42.6 Å². The van der Waals surface area contributed by atoms with Crippen LogP contribution in [0, 0.1) is 11.3 Å². The van der Waals surface area contributed by atoms with Gasteiger partial charge in [0.1, 0.15) is 11.8 Å². The van der Waals surface area contributed by atoms with E-state index in [1.54, 1.807) is 37.3 Å². The lowest BCUT2D eigenvalue weighted by molar-refractivity contribution is -0.137. The fraction of sp³-hybridized carbons (Fsp3) is 0.250. The Morgan fingerprint density at radius 1 is 1.31 bits per heavy atom. The molecule has 0 saturated heterocycles. The molecule has 0 fully saturated rings. The summed E-state index contributed by atoms with van der Waals surface area (Å²) in [5, 5.41) is 20.5. The third-order valence-corrected chi connectivity index (χ3v) is 3.96. The number of anilines is 1. The Balaban J connectivity index is 2.12. The number of amides is 1. The number of ether oxygens (including phenoxy) is 1. The highest BCUT2D eigenvalue weighted by molar-refractivity contribution is 6.03. The SMILES string of the molecule is C[C@@H](Oc1ccccc1)C(=O)Nc1cnc(C#N)c(C(=O)[C@@H](N)CCC(=O)O)c1. The number of nitriles is 1. The molecule has 2 atom stereocenters. The van der Waals surface area contributed by atoms with Crippen LogP contribution < -0.4 is 15.8 Å². The van der Waals surface area contributed by atoms with Gasteiger partial charge in [-0.15, -0.1) is 0 Å². The molecule has 4 N–H and O–H groups in total. The van der Waals surface area contributed by atoms with Crippen molar-refractivity contribution in [2.45, 2.75) is 31.9 Å². The van der Waals surface area contributed by atoms with E-state index in [1.807, 2.05) is 6.07 Å². The fourth-order valence-electron chi connectivity index (χ4n) is 2.42. The van der Waals surface area contributed by atoms with E-state index in [4.69, 9.17) is 15.6 Å². The lowest BCUT2D eigenvalue weighted by Crippen LogP contribution is -2.32. The molecule has 2 aromatic rings. The number of carboxylic acid groups (broad SMARTS) is 1. The minimum absolute atomic E-state index is 0.0835. The van der Waals surface area contributed by atoms with Gasteiger partial charge in [-0.2, -0.15) is 5.26 Å². The van der Waals surface area contributed by atoms with Crippen LogP contribution in [-0.4, -0.2) is 39.9 Å². The molecule has 2 rings (SSSR count). The van der Waals surface area contributed by atoms with E-state index in [1.165, 1.54) is 12.3 Å². The number of aliphatic carboxylic acids is 1. The van der Waals surface area contributed by atoms with E-state index in [0.29, 0.717) is 5.75 Å². The van der Waals surface area contributed by atoms with E-state index < -0.39 is 29.8 Å². The van der Waals surface area contributed by atoms with E-state index >= 15 is 0 Å². The number of Topliss-reactive ketones (excluding diaryl/α,β-unsaturated/α-hetero) is 1. The molecule has 150 valence electrons. The lowest BCUT2D eigenvalue weighted by Gasteiger charge is -2.15. The number of hydrogen-bond acceptors (Lipinski definition) is 7. The minimum Gasteiger partial charge on any atom is -0.481 e. The molecule has 1 aromatic heterocycles. The molecular weight excluding hydrogens is 376 g/mol. The van der Waals surface area contributed by atoms with Crippen LogP contribution in [-0.2, 0) is 9.59 Å². The van der Waals surface area contributed by atoms with Gasteiger partial charge >= 0.3 is 5.97 Å². The van der Waals surface area contributed by atoms with Crippen LogP contribution in [0.5, 0.6) is 5.75 Å². The molecule has 1 aromatic carbocycles. The van der Waals surface area contributed by atoms with Gasteiger partial charge in [0.05, 0.1) is 23.5 Å². The number of nitrogens with two attached hydrogens (primary N) is 1. The number of rotatable bonds is 9. The third-order valence-electron chi connectivity index (χ3n) is 3.96. The van der Waals surface area contributed by atoms with Gasteiger partial charge in [-0.25, -0.2) is 4.98 Å². The maximum atomic E-state index is 12.5. The van der Waals surface area contributed by atoms with Gasteiger partial charge in [-0.3, -0.25) is 14.4 Å². The number of carboxylic acids is 1. The lowest BCUT2D eigenvalue weighted by atomic mass is 9.99. The number of ketones is 1. The van der Waals surface area contributed by atoms with Gasteiger partial charge < -0.3 is 20.9 Å². The van der Waals surface area contributed by atoms with Gasteiger partial charge in [0, 0.05) is 6.42 Å². The number of para-hydroxylation sites is 1. The van der Waals surface area contributed by atoms with Gasteiger partial charge in [-0.1, -0.05) is 18.2 Å². The molecule has 29 heavy (non-hydrogen) atoms. The summed E-state index contributed by atoms with van der Waals surface area (Å²) in [6.45, 7) is 1.56. The molecule has 0 radical (unpaired) electrons. The van der Waals surface area contributed by atoms with Crippen LogP contribution in [0.2, 0.25) is 0 Å². The zero-order valence-corrected chi connectivity index (χ0v) is 15.7. The number of pyridine rings is 1. The largest absolute Gasteiger partial charge is 0.481 e. The average Bonchev–Trinajstić information content (AvgIpc) is 2.72. The standard InChI is InChI=1S/C20H20N4O5/c1-12(29-14-5-3-2-4-6-14)20(28)24-13-9-15(17(10-21)23-11-13)19(27)16(22)7-8-18(25)26/h2-6,9,11-12,16H,7-8,22H2,1H3,(H,24,28)(H,25,26)/t12-,16+/m1/s1. The van der Waals surface area contributed by atoms with Crippen molar-refractivity contribution in [3.63, 3.8) is 0 Å². The second-order valence-electron chi connectivity index (χ2n) is 6.20. The Morgan fingerprint density at radius 3 is 2.62 bits per heavy atom. The Labute approximate surface area is 167 Å². The number of nitrogens with one attached hydrogen (secondary N) is 1. The molecule has 1 amide bonds. The monoisotopic (exact) mass is 396 g/mol. The highest BCUT2D eigenvalue weighted by Crippen LogP contribution is 2.17. The Morgan fingerprint density at radius 2 is 2.00 bits per heavy atom. The summed E-state index contributed by atoms with van der Waals surface area (Å²) in [7, 11) is 0. The molecule has 0 bridgehead atoms. The maximum absolute atomic E-state index is 12.5. The highest BCUT2D eigenvalue weighted by atomic mass is 16.5. The van der Waals surface area contributed by atoms with Crippen molar-refractivity contribution in [2.24, 2.45) is 5.73 Å². The number of benzene rings is 1. The van der Waals surface area contributed by atoms with Crippen molar-refractivity contribution in [2.75, 3.05) is 5.32 Å². The first-order valence-electron chi connectivity index (χ1n) is 8.76. The van der Waals surface area contributed by atoms with Crippen molar-refractivity contribution in [3.8, 4) is 11.8 Å². The second-order valence-corrected chi connectivity index (χ2v) is 6.20. The smallest absolute Gasteiger partial charge is 0.303 e. The third kappa shape index (κ3) is 6.12. The van der Waals surface area contributed by atoms with Crippen molar-refractivity contribution in [3.05, 3.63) is 53.9 Å². The van der Waals surface area contributed by atoms with Crippen molar-refractivity contribution in [1.82, 2.24) is 4.98 Å². The van der Waals surface area contributed by atoms with Crippen LogP contribution >= 0.6 is 0 Å². The molecule has 0 aliphatic carbocycles. The Hall–Kier alpha value is -3.77. The first-order chi connectivity index (χ1) is 13.8. The zero-order valence-electron chi connectivity index (χ0n) is 15.7. The molecule has 9 heteroatoms. The summed E-state index contributed by atoms with van der Waals surface area (Å²) >= 11 is 0. The van der Waals surface area contributed by atoms with E-state index in [2.05, 4.69) is 10.3 Å². The van der Waals surface area contributed by atoms with Gasteiger partial charge in [0.15, 0.2) is 17.6 Å². The van der Waals surface area contributed by atoms with E-state index in [9.17, 15) is 19.6 Å². The highest BCUT2D eigenvalue weighted by Gasteiger charge is 2.22. The molecular formula is C20H20N4O5. The molecule has 0 aliphatic rings. The topological polar surface area (TPSA) is 155 Å². The first-order valence-corrected chi connectivity index (χ1v) is 8.76. The summed E-state index contributed by atoms with van der Waals surface area (Å²) in [6, 6.07) is 10.8. The molecule has 9 nitrogen and oxygen atoms in total. The van der Waals surface area contributed by atoms with Crippen LogP contribution in [0.1, 0.15) is 35.8 Å². The zero-order chi connectivity index (χ0) is 21.4. The van der Waals surface area contributed by atoms with Crippen LogP contribution in [0.3, 0.4) is 0 Å². The number of hydrogen-bond donors (Lipinski definition) is 3. The molecule has 0 saturated carbocycles. The van der Waals surface area contributed by atoms with Crippen LogP contribution in [0.25, 0.3) is 0 Å². The quantitative estimate of drug-likeness (QED) is 0.541. The number of nitrogens with zero attached hydrogens (tertiary/aromatic N) is 2. The number of aromatic nitrogens is 1. The maximum Gasteiger partial charge on any atom is 0.303 e. The van der Waals surface area contributed by atoms with Gasteiger partial charge in [-0.05, 0) is 31.5 Å². The summed E-state index contributed by atoms with van der Waals surface area (Å²) in [6.07, 6.45) is 0.0421. The van der Waals surface area contributed by atoms with Crippen molar-refractivity contribution >= 4 is 23.3 Å². The average molecular weight is 396 g/mol. The summed E-state index contributed by atoms with van der Waals surface area (Å²) < 4.78 is 5.54. The van der Waals surface area contributed by atoms with Gasteiger partial charge in [0.2, 0.25) is 0 Å². The normalized spacial score (nSPS) is 12.3. The van der Waals surface area contributed by atoms with Gasteiger partial charge in [0.25, 0.3) is 5.91 Å². The molecule has 0 aliphatic heterocycles. The fourth-order valence-corrected chi connectivity index (χ4v) is 2.42. The van der Waals surface area contributed by atoms with E-state index in [-0.39, 0.29) is 29.8 Å². The predicted molar refractivity (Wildman–Crippen MR) is 103 cm³/mol. The Kier molecular flexibility index (Phi) is 7.40. The van der Waals surface area contributed by atoms with E-state index in [0.717, 1.165) is 0 Å². The second kappa shape index (κ2) is 9.96. The minimum atomic E-state index is -1.11. The summed E-state index contributed by atoms with van der Waals surface area (Å²) in [4.78, 5) is 39.4. The Bertz CT molecular complexity index is 940. The first kappa shape index (κ1) is 21.5. The number of carbonyl (C=O) groups excluding carboxylic acids is 2. The predicted octanol–water partition coefficient (Wildman–Crippen LogP) is 1.73. The van der Waals surface area contributed by atoms with Crippen molar-refractivity contribution < 1.29 is 24.2 Å². The van der Waals surface area contributed by atoms with Crippen molar-refractivity contribution in [1.29, 1.82) is 5.26 Å². The summed E-state index contributed by atoms with van der Waals surface area (Å²) in [5.74, 6) is -1.66. The number of carbonyl (C=O) groups is 3. The molecule has 0 spiro atoms. The summed E-state index contributed by atoms with van der Waals surface area (Å²) in [5.41, 5.74) is 5.69. The molecule has 1 heterocycles. The van der Waals surface area contributed by atoms with Crippen LogP contribution in [0.4, 0.5) is 5.69 Å². The molecule has 0 unspecified atom stereocenters.